The van der Waals surface area contributed by atoms with Gasteiger partial charge in [0.2, 0.25) is 0 Å². The molecule has 1 aromatic rings. The van der Waals surface area contributed by atoms with Gasteiger partial charge in [-0.1, -0.05) is 6.92 Å². The van der Waals surface area contributed by atoms with Crippen molar-refractivity contribution in [2.24, 2.45) is 0 Å². The fourth-order valence-electron chi connectivity index (χ4n) is 1.60. The van der Waals surface area contributed by atoms with Crippen LogP contribution in [0.1, 0.15) is 24.6 Å². The largest absolute Gasteiger partial charge is 0.385 e. The Kier molecular flexibility index (Phi) is 6.43. The number of aryl methyl sites for hydroxylation is 1. The van der Waals surface area contributed by atoms with Gasteiger partial charge in [-0.15, -0.1) is 0 Å². The molecule has 110 valence electrons. The minimum Gasteiger partial charge on any atom is -0.385 e. The van der Waals surface area contributed by atoms with E-state index in [1.165, 1.54) is 0 Å². The number of nitrogens with zero attached hydrogens (tertiary/aromatic N) is 1. The lowest BCUT2D eigenvalue weighted by atomic mass is 10.2. The van der Waals surface area contributed by atoms with Crippen molar-refractivity contribution in [2.45, 2.75) is 31.8 Å². The summed E-state index contributed by atoms with van der Waals surface area (Å²) < 4.78 is 31.7. The second-order valence-electron chi connectivity index (χ2n) is 4.16. The van der Waals surface area contributed by atoms with Crippen LogP contribution in [0.2, 0.25) is 0 Å². The quantitative estimate of drug-likeness (QED) is 0.562. The van der Waals surface area contributed by atoms with Gasteiger partial charge in [-0.05, 0) is 19.9 Å². The van der Waals surface area contributed by atoms with Crippen molar-refractivity contribution < 1.29 is 13.2 Å². The number of H-pyrrole nitrogens is 1. The summed E-state index contributed by atoms with van der Waals surface area (Å²) in [4.78, 5) is 0. The molecule has 0 saturated carbocycles. The van der Waals surface area contributed by atoms with Gasteiger partial charge in [0.15, 0.2) is 5.03 Å². The number of hydrogen-bond acceptors (Lipinski definition) is 5. The van der Waals surface area contributed by atoms with E-state index in [9.17, 15) is 8.42 Å². The Hall–Kier alpha value is -0.960. The topological polar surface area (TPSA) is 96.1 Å². The van der Waals surface area contributed by atoms with E-state index in [1.807, 2.05) is 13.8 Å². The zero-order valence-electron chi connectivity index (χ0n) is 11.6. The molecule has 8 heteroatoms. The van der Waals surface area contributed by atoms with E-state index in [-0.39, 0.29) is 5.03 Å². The molecule has 0 bridgehead atoms. The van der Waals surface area contributed by atoms with E-state index in [0.29, 0.717) is 31.7 Å². The van der Waals surface area contributed by atoms with Gasteiger partial charge < -0.3 is 10.1 Å². The van der Waals surface area contributed by atoms with Gasteiger partial charge in [0.1, 0.15) is 0 Å². The van der Waals surface area contributed by atoms with Crippen molar-refractivity contribution in [2.75, 3.05) is 26.8 Å². The number of aromatic nitrogens is 2. The summed E-state index contributed by atoms with van der Waals surface area (Å²) in [6, 6.07) is 0. The molecule has 0 atom stereocenters. The minimum atomic E-state index is -3.57. The molecule has 0 amide bonds. The molecule has 0 fully saturated rings. The molecule has 1 aromatic heterocycles. The summed E-state index contributed by atoms with van der Waals surface area (Å²) in [5.41, 5.74) is 1.44. The van der Waals surface area contributed by atoms with Crippen LogP contribution in [0, 0.1) is 6.92 Å². The number of aromatic amines is 1. The van der Waals surface area contributed by atoms with E-state index in [1.54, 1.807) is 7.11 Å². The molecule has 7 nitrogen and oxygen atoms in total. The Morgan fingerprint density at radius 3 is 2.79 bits per heavy atom. The lowest BCUT2D eigenvalue weighted by molar-refractivity contribution is 0.196. The van der Waals surface area contributed by atoms with Gasteiger partial charge in [0.05, 0.1) is 0 Å². The molecule has 1 heterocycles. The first-order valence-electron chi connectivity index (χ1n) is 6.26. The number of nitrogens with one attached hydrogen (secondary N) is 3. The third-order valence-electron chi connectivity index (χ3n) is 2.66. The molecular weight excluding hydrogens is 268 g/mol. The third kappa shape index (κ3) is 4.57. The average Bonchev–Trinajstić information content (AvgIpc) is 2.74. The average molecular weight is 290 g/mol. The van der Waals surface area contributed by atoms with Gasteiger partial charge in [-0.25, -0.2) is 13.1 Å². The van der Waals surface area contributed by atoms with E-state index in [0.717, 1.165) is 12.2 Å². The van der Waals surface area contributed by atoms with Crippen LogP contribution in [0.4, 0.5) is 0 Å². The van der Waals surface area contributed by atoms with Crippen molar-refractivity contribution >= 4 is 10.0 Å². The van der Waals surface area contributed by atoms with Crippen LogP contribution >= 0.6 is 0 Å². The molecule has 0 unspecified atom stereocenters. The molecule has 0 aromatic carbocycles. The van der Waals surface area contributed by atoms with Gasteiger partial charge in [-0.3, -0.25) is 5.10 Å². The third-order valence-corrected chi connectivity index (χ3v) is 4.09. The van der Waals surface area contributed by atoms with Crippen molar-refractivity contribution in [3.63, 3.8) is 0 Å². The van der Waals surface area contributed by atoms with E-state index < -0.39 is 10.0 Å². The number of rotatable bonds is 9. The Balaban J connectivity index is 2.77. The van der Waals surface area contributed by atoms with Crippen molar-refractivity contribution in [1.29, 1.82) is 0 Å². The van der Waals surface area contributed by atoms with E-state index >= 15 is 0 Å². The van der Waals surface area contributed by atoms with Gasteiger partial charge in [0.25, 0.3) is 10.0 Å². The number of methoxy groups -OCH3 is 1. The molecule has 1 rings (SSSR count). The van der Waals surface area contributed by atoms with E-state index in [4.69, 9.17) is 4.74 Å². The van der Waals surface area contributed by atoms with Crippen LogP contribution in [-0.2, 0) is 21.3 Å². The Morgan fingerprint density at radius 2 is 2.16 bits per heavy atom. The van der Waals surface area contributed by atoms with Crippen molar-refractivity contribution in [3.05, 3.63) is 11.3 Å². The Bertz CT molecular complexity index is 484. The maximum atomic E-state index is 12.1. The summed E-state index contributed by atoms with van der Waals surface area (Å²) in [7, 11) is -1.99. The normalized spacial score (nSPS) is 11.9. The Morgan fingerprint density at radius 1 is 1.42 bits per heavy atom. The second kappa shape index (κ2) is 7.59. The van der Waals surface area contributed by atoms with Crippen LogP contribution in [-0.4, -0.2) is 45.4 Å². The lowest BCUT2D eigenvalue weighted by Crippen LogP contribution is -2.27. The molecule has 0 aliphatic heterocycles. The standard InChI is InChI=1S/C11H22N4O3S/c1-4-12-8-10-9(2)14-15-11(10)19(16,17)13-6-5-7-18-3/h12-13H,4-8H2,1-3H3,(H,14,15). The maximum absolute atomic E-state index is 12.1. The zero-order valence-corrected chi connectivity index (χ0v) is 12.4. The predicted molar refractivity (Wildman–Crippen MR) is 72.4 cm³/mol. The molecule has 19 heavy (non-hydrogen) atoms. The summed E-state index contributed by atoms with van der Waals surface area (Å²) in [5.74, 6) is 0. The highest BCUT2D eigenvalue weighted by atomic mass is 32.2. The van der Waals surface area contributed by atoms with Gasteiger partial charge in [0, 0.05) is 38.1 Å². The molecule has 3 N–H and O–H groups in total. The monoisotopic (exact) mass is 290 g/mol. The number of sulfonamides is 1. The van der Waals surface area contributed by atoms with Gasteiger partial charge in [-0.2, -0.15) is 5.10 Å². The summed E-state index contributed by atoms with van der Waals surface area (Å²) in [5, 5.41) is 9.79. The van der Waals surface area contributed by atoms with Crippen molar-refractivity contribution in [3.8, 4) is 0 Å². The fourth-order valence-corrected chi connectivity index (χ4v) is 2.87. The highest BCUT2D eigenvalue weighted by Crippen LogP contribution is 2.15. The van der Waals surface area contributed by atoms with Crippen LogP contribution in [0.3, 0.4) is 0 Å². The summed E-state index contributed by atoms with van der Waals surface area (Å²) in [6.07, 6.45) is 0.627. The summed E-state index contributed by atoms with van der Waals surface area (Å²) >= 11 is 0. The zero-order chi connectivity index (χ0) is 14.3. The molecule has 0 saturated heterocycles. The van der Waals surface area contributed by atoms with Crippen LogP contribution in [0.15, 0.2) is 5.03 Å². The number of hydrogen-bond donors (Lipinski definition) is 3. The maximum Gasteiger partial charge on any atom is 0.260 e. The van der Waals surface area contributed by atoms with Crippen LogP contribution in [0.25, 0.3) is 0 Å². The predicted octanol–water partition coefficient (Wildman–Crippen LogP) is 0.142. The highest BCUT2D eigenvalue weighted by Gasteiger charge is 2.22. The van der Waals surface area contributed by atoms with Crippen molar-refractivity contribution in [1.82, 2.24) is 20.2 Å². The summed E-state index contributed by atoms with van der Waals surface area (Å²) in [6.45, 7) is 5.88. The molecule has 0 aliphatic rings. The molecule has 0 spiro atoms. The molecular formula is C11H22N4O3S. The minimum absolute atomic E-state index is 0.0726. The first kappa shape index (κ1) is 16.1. The van der Waals surface area contributed by atoms with Crippen LogP contribution in [0.5, 0.6) is 0 Å². The lowest BCUT2D eigenvalue weighted by Gasteiger charge is -2.07. The first-order valence-corrected chi connectivity index (χ1v) is 7.74. The Labute approximate surface area is 114 Å². The fraction of sp³-hybridized carbons (Fsp3) is 0.727. The number of ether oxygens (including phenoxy) is 1. The van der Waals surface area contributed by atoms with Crippen LogP contribution < -0.4 is 10.0 Å². The SMILES string of the molecule is CCNCc1c(S(=O)(=O)NCCCOC)n[nH]c1C. The van der Waals surface area contributed by atoms with Gasteiger partial charge >= 0.3 is 0 Å². The highest BCUT2D eigenvalue weighted by molar-refractivity contribution is 7.89. The van der Waals surface area contributed by atoms with E-state index in [2.05, 4.69) is 20.2 Å². The first-order chi connectivity index (χ1) is 9.03. The second-order valence-corrected chi connectivity index (χ2v) is 5.84. The molecule has 0 aliphatic carbocycles. The molecule has 0 radical (unpaired) electrons. The smallest absolute Gasteiger partial charge is 0.260 e.